The quantitative estimate of drug-likeness (QED) is 0.537. The van der Waals surface area contributed by atoms with E-state index in [1.165, 1.54) is 38.5 Å². The molecule has 0 heterocycles. The van der Waals surface area contributed by atoms with Crippen molar-refractivity contribution in [2.24, 2.45) is 0 Å². The molecule has 0 aromatic carbocycles. The summed E-state index contributed by atoms with van der Waals surface area (Å²) in [5.74, 6) is 0. The van der Waals surface area contributed by atoms with Crippen LogP contribution >= 0.6 is 0 Å². The van der Waals surface area contributed by atoms with Crippen LogP contribution in [0.1, 0.15) is 73.6 Å². The van der Waals surface area contributed by atoms with Crippen LogP contribution in [0.2, 0.25) is 0 Å². The maximum absolute atomic E-state index is 2.00. The molecule has 0 aromatic rings. The second-order valence-electron chi connectivity index (χ2n) is 2.12. The smallest absolute Gasteiger partial charge is 0 e. The Morgan fingerprint density at radius 2 is 0.583 bits per heavy atom. The second kappa shape index (κ2) is 29.6. The Morgan fingerprint density at radius 3 is 0.667 bits per heavy atom. The summed E-state index contributed by atoms with van der Waals surface area (Å²) in [6.07, 6.45) is 9.00. The van der Waals surface area contributed by atoms with Gasteiger partial charge in [-0.1, -0.05) is 73.6 Å². The summed E-state index contributed by atoms with van der Waals surface area (Å²) >= 11 is 0. The predicted octanol–water partition coefficient (Wildman–Crippen LogP) is 5.03. The van der Waals surface area contributed by atoms with Crippen molar-refractivity contribution in [3.8, 4) is 0 Å². The van der Waals surface area contributed by atoms with Crippen LogP contribution in [0, 0.1) is 31.1 Å². The van der Waals surface area contributed by atoms with Gasteiger partial charge in [-0.15, -0.1) is 0 Å². The van der Waals surface area contributed by atoms with Crippen LogP contribution in [0.3, 0.4) is 0 Å². The van der Waals surface area contributed by atoms with Crippen molar-refractivity contribution in [3.63, 3.8) is 0 Å². The molecule has 0 atom stereocenters. The van der Waals surface area contributed by atoms with E-state index >= 15 is 0 Å². The molecule has 0 saturated heterocycles. The molecule has 0 aliphatic heterocycles. The first-order valence-corrected chi connectivity index (χ1v) is 5.00. The predicted molar refractivity (Wildman–Crippen MR) is 57.1 cm³/mol. The summed E-state index contributed by atoms with van der Waals surface area (Å²) in [5.41, 5.74) is 0. The molecule has 0 aromatic heterocycles. The SMILES string of the molecule is C.C1CCCCC1.CC.CC.[U]. The Hall–Kier alpha value is 1.05. The molecule has 1 saturated carbocycles. The standard InChI is InChI=1S/C6H12.2C2H6.CH4.U/c1-2-4-6-5-3-1;2*1-2;;/h1-6H2;2*1-2H3;1H4;. The van der Waals surface area contributed by atoms with Gasteiger partial charge in [0.05, 0.1) is 0 Å². The Labute approximate surface area is 104 Å². The monoisotopic (exact) mass is 398 g/mol. The summed E-state index contributed by atoms with van der Waals surface area (Å²) < 4.78 is 0. The van der Waals surface area contributed by atoms with E-state index in [9.17, 15) is 0 Å². The van der Waals surface area contributed by atoms with Crippen LogP contribution in [0.4, 0.5) is 0 Å². The molecular formula is C11H28U. The zero-order chi connectivity index (χ0) is 8.24. The van der Waals surface area contributed by atoms with E-state index in [-0.39, 0.29) is 38.5 Å². The Morgan fingerprint density at radius 1 is 0.500 bits per heavy atom. The van der Waals surface area contributed by atoms with Gasteiger partial charge in [-0.3, -0.25) is 0 Å². The van der Waals surface area contributed by atoms with Crippen molar-refractivity contribution in [1.29, 1.82) is 0 Å². The zero-order valence-electron chi connectivity index (χ0n) is 8.74. The minimum Gasteiger partial charge on any atom is -0.0776 e. The van der Waals surface area contributed by atoms with E-state index in [1.807, 2.05) is 27.7 Å². The van der Waals surface area contributed by atoms with Gasteiger partial charge in [0.15, 0.2) is 0 Å². The third kappa shape index (κ3) is 22.5. The number of hydrogen-bond acceptors (Lipinski definition) is 0. The van der Waals surface area contributed by atoms with Crippen LogP contribution in [-0.2, 0) is 0 Å². The molecule has 0 unspecified atom stereocenters. The molecule has 0 nitrogen and oxygen atoms in total. The third-order valence-corrected chi connectivity index (χ3v) is 1.50. The maximum Gasteiger partial charge on any atom is 0 e. The Kier molecular flexibility index (Phi) is 57.1. The summed E-state index contributed by atoms with van der Waals surface area (Å²) in [4.78, 5) is 0. The van der Waals surface area contributed by atoms with Crippen molar-refractivity contribution < 1.29 is 31.1 Å². The van der Waals surface area contributed by atoms with E-state index in [0.717, 1.165) is 0 Å². The minimum atomic E-state index is 0. The van der Waals surface area contributed by atoms with Crippen LogP contribution in [-0.4, -0.2) is 0 Å². The molecular weight excluding hydrogens is 370 g/mol. The molecule has 1 heteroatoms. The van der Waals surface area contributed by atoms with Gasteiger partial charge in [0.25, 0.3) is 0 Å². The largest absolute Gasteiger partial charge is 0.0776 e. The molecule has 1 aliphatic carbocycles. The Balaban J connectivity index is -0.0000000480. The van der Waals surface area contributed by atoms with Crippen LogP contribution in [0.5, 0.6) is 0 Å². The Bertz CT molecular complexity index is 20.5. The molecule has 0 N–H and O–H groups in total. The second-order valence-corrected chi connectivity index (χ2v) is 2.12. The van der Waals surface area contributed by atoms with Gasteiger partial charge in [0, 0.05) is 31.1 Å². The van der Waals surface area contributed by atoms with Gasteiger partial charge in [-0.2, -0.15) is 0 Å². The first-order valence-electron chi connectivity index (χ1n) is 5.00. The van der Waals surface area contributed by atoms with E-state index in [0.29, 0.717) is 0 Å². The van der Waals surface area contributed by atoms with E-state index < -0.39 is 0 Å². The van der Waals surface area contributed by atoms with Crippen molar-refractivity contribution in [2.75, 3.05) is 0 Å². The number of hydrogen-bond donors (Lipinski definition) is 0. The van der Waals surface area contributed by atoms with Crippen molar-refractivity contribution >= 4 is 0 Å². The summed E-state index contributed by atoms with van der Waals surface area (Å²) in [6, 6.07) is 0. The zero-order valence-corrected chi connectivity index (χ0v) is 12.9. The van der Waals surface area contributed by atoms with Gasteiger partial charge < -0.3 is 0 Å². The van der Waals surface area contributed by atoms with Crippen molar-refractivity contribution in [1.82, 2.24) is 0 Å². The molecule has 0 radical (unpaired) electrons. The number of rotatable bonds is 0. The van der Waals surface area contributed by atoms with E-state index in [4.69, 9.17) is 0 Å². The topological polar surface area (TPSA) is 0 Å². The molecule has 0 amide bonds. The molecule has 1 fully saturated rings. The molecule has 1 rings (SSSR count). The fourth-order valence-electron chi connectivity index (χ4n) is 1.06. The van der Waals surface area contributed by atoms with Gasteiger partial charge in [0.2, 0.25) is 0 Å². The molecule has 0 bridgehead atoms. The normalized spacial score (nSPS) is 13.0. The van der Waals surface area contributed by atoms with Gasteiger partial charge in [0.1, 0.15) is 0 Å². The average molecular weight is 398 g/mol. The third-order valence-electron chi connectivity index (χ3n) is 1.50. The fraction of sp³-hybridized carbons (Fsp3) is 1.00. The van der Waals surface area contributed by atoms with Crippen LogP contribution in [0.15, 0.2) is 0 Å². The maximum atomic E-state index is 2.00. The summed E-state index contributed by atoms with van der Waals surface area (Å²) in [5, 5.41) is 0. The van der Waals surface area contributed by atoms with E-state index in [1.54, 1.807) is 0 Å². The first-order chi connectivity index (χ1) is 5.00. The molecule has 0 spiro atoms. The van der Waals surface area contributed by atoms with Crippen molar-refractivity contribution in [3.05, 3.63) is 0 Å². The van der Waals surface area contributed by atoms with Crippen LogP contribution < -0.4 is 0 Å². The van der Waals surface area contributed by atoms with Crippen LogP contribution in [0.25, 0.3) is 0 Å². The van der Waals surface area contributed by atoms with Gasteiger partial charge in [-0.25, -0.2) is 0 Å². The summed E-state index contributed by atoms with van der Waals surface area (Å²) in [7, 11) is 0. The van der Waals surface area contributed by atoms with Gasteiger partial charge >= 0.3 is 0 Å². The average Bonchev–Trinajstić information content (AvgIpc) is 2.14. The first kappa shape index (κ1) is 23.1. The summed E-state index contributed by atoms with van der Waals surface area (Å²) in [6.45, 7) is 8.00. The molecule has 76 valence electrons. The molecule has 12 heavy (non-hydrogen) atoms. The molecule has 1 aliphatic rings. The fourth-order valence-corrected chi connectivity index (χ4v) is 1.06. The minimum absolute atomic E-state index is 0. The van der Waals surface area contributed by atoms with Crippen molar-refractivity contribution in [2.45, 2.75) is 73.6 Å². The van der Waals surface area contributed by atoms with Gasteiger partial charge in [-0.05, 0) is 0 Å². The van der Waals surface area contributed by atoms with E-state index in [2.05, 4.69) is 0 Å².